The van der Waals surface area contributed by atoms with E-state index in [1.54, 1.807) is 18.2 Å². The van der Waals surface area contributed by atoms with Gasteiger partial charge in [0.15, 0.2) is 0 Å². The molecule has 0 aliphatic rings. The van der Waals surface area contributed by atoms with Crippen molar-refractivity contribution in [2.75, 3.05) is 0 Å². The summed E-state index contributed by atoms with van der Waals surface area (Å²) in [5, 5.41) is 11.3. The van der Waals surface area contributed by atoms with E-state index in [2.05, 4.69) is 25.5 Å². The number of aromatic nitrogens is 4. The van der Waals surface area contributed by atoms with E-state index < -0.39 is 0 Å². The quantitative estimate of drug-likeness (QED) is 0.565. The SMILES string of the molecule is O=C(Cc1nc2ccc(Cl)cc2[nH]1)NCc1nnc(-c2ccccc2)o1. The minimum absolute atomic E-state index is 0.117. The predicted octanol–water partition coefficient (Wildman–Crippen LogP) is 3.13. The van der Waals surface area contributed by atoms with Crippen molar-refractivity contribution in [2.24, 2.45) is 0 Å². The molecule has 0 spiro atoms. The number of rotatable bonds is 5. The zero-order chi connectivity index (χ0) is 17.9. The van der Waals surface area contributed by atoms with Crippen molar-refractivity contribution >= 4 is 28.5 Å². The summed E-state index contributed by atoms with van der Waals surface area (Å²) >= 11 is 5.95. The molecule has 0 aliphatic heterocycles. The Morgan fingerprint density at radius 1 is 1.15 bits per heavy atom. The molecule has 4 rings (SSSR count). The molecule has 2 N–H and O–H groups in total. The normalized spacial score (nSPS) is 11.0. The molecular weight excluding hydrogens is 354 g/mol. The second kappa shape index (κ2) is 6.97. The maximum Gasteiger partial charge on any atom is 0.247 e. The first-order chi connectivity index (χ1) is 12.7. The summed E-state index contributed by atoms with van der Waals surface area (Å²) < 4.78 is 5.56. The summed E-state index contributed by atoms with van der Waals surface area (Å²) in [7, 11) is 0. The number of aromatic amines is 1. The van der Waals surface area contributed by atoms with Crippen LogP contribution in [0.2, 0.25) is 5.02 Å². The van der Waals surface area contributed by atoms with Crippen molar-refractivity contribution in [1.29, 1.82) is 0 Å². The third kappa shape index (κ3) is 3.57. The van der Waals surface area contributed by atoms with Gasteiger partial charge in [-0.1, -0.05) is 29.8 Å². The van der Waals surface area contributed by atoms with Crippen molar-refractivity contribution < 1.29 is 9.21 Å². The monoisotopic (exact) mass is 367 g/mol. The summed E-state index contributed by atoms with van der Waals surface area (Å²) in [4.78, 5) is 19.6. The molecule has 1 amide bonds. The van der Waals surface area contributed by atoms with Gasteiger partial charge in [0.25, 0.3) is 0 Å². The van der Waals surface area contributed by atoms with Crippen molar-refractivity contribution in [1.82, 2.24) is 25.5 Å². The van der Waals surface area contributed by atoms with Crippen molar-refractivity contribution in [2.45, 2.75) is 13.0 Å². The number of fused-ring (bicyclic) bond motifs is 1. The van der Waals surface area contributed by atoms with E-state index in [-0.39, 0.29) is 18.9 Å². The van der Waals surface area contributed by atoms with Gasteiger partial charge in [-0.25, -0.2) is 4.98 Å². The van der Waals surface area contributed by atoms with Gasteiger partial charge >= 0.3 is 0 Å². The van der Waals surface area contributed by atoms with Crippen LogP contribution in [0.3, 0.4) is 0 Å². The second-order valence-corrected chi connectivity index (χ2v) is 6.10. The van der Waals surface area contributed by atoms with Gasteiger partial charge in [0, 0.05) is 10.6 Å². The van der Waals surface area contributed by atoms with Crippen LogP contribution < -0.4 is 5.32 Å². The lowest BCUT2D eigenvalue weighted by atomic mass is 10.2. The number of halogens is 1. The molecule has 2 heterocycles. The van der Waals surface area contributed by atoms with E-state index in [1.807, 2.05) is 30.3 Å². The third-order valence-electron chi connectivity index (χ3n) is 3.75. The number of imidazole rings is 1. The standard InChI is InChI=1S/C18H14ClN5O2/c19-12-6-7-13-14(8-12)22-15(21-13)9-16(25)20-10-17-23-24-18(26-17)11-4-2-1-3-5-11/h1-8H,9-10H2,(H,20,25)(H,21,22). The third-order valence-corrected chi connectivity index (χ3v) is 3.98. The van der Waals surface area contributed by atoms with Gasteiger partial charge < -0.3 is 14.7 Å². The molecule has 2 aromatic heterocycles. The van der Waals surface area contributed by atoms with Crippen LogP contribution in [0.15, 0.2) is 52.9 Å². The van der Waals surface area contributed by atoms with Crippen LogP contribution in [-0.2, 0) is 17.8 Å². The lowest BCUT2D eigenvalue weighted by Crippen LogP contribution is -2.25. The topological polar surface area (TPSA) is 96.7 Å². The smallest absolute Gasteiger partial charge is 0.247 e. The highest BCUT2D eigenvalue weighted by molar-refractivity contribution is 6.31. The van der Waals surface area contributed by atoms with E-state index in [0.29, 0.717) is 22.6 Å². The average Bonchev–Trinajstić information content (AvgIpc) is 3.27. The fourth-order valence-electron chi connectivity index (χ4n) is 2.53. The lowest BCUT2D eigenvalue weighted by molar-refractivity contribution is -0.120. The first-order valence-electron chi connectivity index (χ1n) is 7.96. The number of carbonyl (C=O) groups excluding carboxylic acids is 1. The maximum absolute atomic E-state index is 12.1. The molecule has 7 nitrogen and oxygen atoms in total. The molecule has 8 heteroatoms. The molecule has 0 fully saturated rings. The Hall–Kier alpha value is -3.19. The van der Waals surface area contributed by atoms with Crippen LogP contribution in [0.5, 0.6) is 0 Å². The Morgan fingerprint density at radius 3 is 2.85 bits per heavy atom. The van der Waals surface area contributed by atoms with E-state index in [9.17, 15) is 4.79 Å². The van der Waals surface area contributed by atoms with Gasteiger partial charge in [-0.05, 0) is 30.3 Å². The van der Waals surface area contributed by atoms with Gasteiger partial charge in [-0.2, -0.15) is 0 Å². The number of H-pyrrole nitrogens is 1. The minimum Gasteiger partial charge on any atom is -0.419 e. The molecule has 4 aromatic rings. The Kier molecular flexibility index (Phi) is 4.37. The average molecular weight is 368 g/mol. The minimum atomic E-state index is -0.199. The summed E-state index contributed by atoms with van der Waals surface area (Å²) in [5.41, 5.74) is 2.39. The molecular formula is C18H14ClN5O2. The van der Waals surface area contributed by atoms with Crippen molar-refractivity contribution in [3.05, 3.63) is 65.3 Å². The molecule has 2 aromatic carbocycles. The highest BCUT2D eigenvalue weighted by Gasteiger charge is 2.12. The van der Waals surface area contributed by atoms with Crippen LogP contribution in [0.1, 0.15) is 11.7 Å². The van der Waals surface area contributed by atoms with Crippen LogP contribution >= 0.6 is 11.6 Å². The van der Waals surface area contributed by atoms with E-state index in [4.69, 9.17) is 16.0 Å². The van der Waals surface area contributed by atoms with Crippen LogP contribution in [0.4, 0.5) is 0 Å². The number of benzene rings is 2. The molecule has 0 saturated carbocycles. The first-order valence-corrected chi connectivity index (χ1v) is 8.34. The largest absolute Gasteiger partial charge is 0.419 e. The van der Waals surface area contributed by atoms with E-state index >= 15 is 0 Å². The van der Waals surface area contributed by atoms with Gasteiger partial charge in [-0.3, -0.25) is 4.79 Å². The van der Waals surface area contributed by atoms with Gasteiger partial charge in [0.2, 0.25) is 17.7 Å². The molecule has 0 bridgehead atoms. The van der Waals surface area contributed by atoms with Gasteiger partial charge in [0.1, 0.15) is 5.82 Å². The highest BCUT2D eigenvalue weighted by Crippen LogP contribution is 2.18. The zero-order valence-corrected chi connectivity index (χ0v) is 14.3. The molecule has 0 saturated heterocycles. The van der Waals surface area contributed by atoms with Crippen LogP contribution in [-0.4, -0.2) is 26.1 Å². The first kappa shape index (κ1) is 16.3. The van der Waals surface area contributed by atoms with E-state index in [1.165, 1.54) is 0 Å². The van der Waals surface area contributed by atoms with Gasteiger partial charge in [0.05, 0.1) is 24.0 Å². The van der Waals surface area contributed by atoms with E-state index in [0.717, 1.165) is 16.6 Å². The second-order valence-electron chi connectivity index (χ2n) is 5.67. The number of nitrogens with zero attached hydrogens (tertiary/aromatic N) is 3. The van der Waals surface area contributed by atoms with Crippen LogP contribution in [0.25, 0.3) is 22.5 Å². The molecule has 0 atom stereocenters. The number of carbonyl (C=O) groups is 1. The molecule has 0 radical (unpaired) electrons. The molecule has 130 valence electrons. The number of hydrogen-bond donors (Lipinski definition) is 2. The fourth-order valence-corrected chi connectivity index (χ4v) is 2.70. The summed E-state index contributed by atoms with van der Waals surface area (Å²) in [6.07, 6.45) is 0.117. The van der Waals surface area contributed by atoms with Crippen molar-refractivity contribution in [3.63, 3.8) is 0 Å². The highest BCUT2D eigenvalue weighted by atomic mass is 35.5. The predicted molar refractivity (Wildman–Crippen MR) is 96.4 cm³/mol. The zero-order valence-electron chi connectivity index (χ0n) is 13.6. The summed E-state index contributed by atoms with van der Waals surface area (Å²) in [6.45, 7) is 0.157. The lowest BCUT2D eigenvalue weighted by Gasteiger charge is -2.00. The fraction of sp³-hybridized carbons (Fsp3) is 0.111. The number of amides is 1. The maximum atomic E-state index is 12.1. The number of nitrogens with one attached hydrogen (secondary N) is 2. The van der Waals surface area contributed by atoms with Crippen LogP contribution in [0, 0.1) is 0 Å². The molecule has 0 aliphatic carbocycles. The Labute approximate surface area is 153 Å². The Morgan fingerprint density at radius 2 is 2.00 bits per heavy atom. The summed E-state index contributed by atoms with van der Waals surface area (Å²) in [6, 6.07) is 14.8. The Bertz CT molecular complexity index is 1060. The van der Waals surface area contributed by atoms with Gasteiger partial charge in [-0.15, -0.1) is 10.2 Å². The molecule has 0 unspecified atom stereocenters. The number of hydrogen-bond acceptors (Lipinski definition) is 5. The Balaban J connectivity index is 1.37. The molecule has 26 heavy (non-hydrogen) atoms. The van der Waals surface area contributed by atoms with Crippen molar-refractivity contribution in [3.8, 4) is 11.5 Å². The summed E-state index contributed by atoms with van der Waals surface area (Å²) in [5.74, 6) is 1.13.